The molecule has 0 bridgehead atoms. The van der Waals surface area contributed by atoms with Crippen LogP contribution in [0.2, 0.25) is 0 Å². The molecule has 1 aromatic carbocycles. The summed E-state index contributed by atoms with van der Waals surface area (Å²) in [6.07, 6.45) is 6.32. The van der Waals surface area contributed by atoms with Crippen LogP contribution in [-0.2, 0) is 11.3 Å². The van der Waals surface area contributed by atoms with E-state index in [1.165, 1.54) is 12.8 Å². The summed E-state index contributed by atoms with van der Waals surface area (Å²) >= 11 is 0. The summed E-state index contributed by atoms with van der Waals surface area (Å²) in [7, 11) is 0. The normalized spacial score (nSPS) is 22.3. The molecule has 1 unspecified atom stereocenters. The molecule has 0 aliphatic carbocycles. The molecule has 2 aliphatic rings. The molecule has 1 atom stereocenters. The van der Waals surface area contributed by atoms with Gasteiger partial charge in [-0.05, 0) is 31.9 Å². The fourth-order valence-electron chi connectivity index (χ4n) is 3.84. The van der Waals surface area contributed by atoms with Gasteiger partial charge in [0.2, 0.25) is 0 Å². The van der Waals surface area contributed by atoms with Crippen molar-refractivity contribution >= 4 is 29.9 Å². The van der Waals surface area contributed by atoms with Crippen LogP contribution in [0.15, 0.2) is 47.7 Å². The summed E-state index contributed by atoms with van der Waals surface area (Å²) in [6.45, 7) is 7.53. The van der Waals surface area contributed by atoms with E-state index in [0.29, 0.717) is 12.0 Å². The van der Waals surface area contributed by atoms with E-state index in [1.54, 1.807) is 0 Å². The predicted octanol–water partition coefficient (Wildman–Crippen LogP) is 3.07. The highest BCUT2D eigenvalue weighted by Crippen LogP contribution is 2.38. The van der Waals surface area contributed by atoms with Gasteiger partial charge in [-0.15, -0.1) is 24.0 Å². The molecule has 1 aromatic heterocycles. The van der Waals surface area contributed by atoms with E-state index < -0.39 is 0 Å². The summed E-state index contributed by atoms with van der Waals surface area (Å²) in [6, 6.07) is 10.2. The number of ether oxygens (including phenoxy) is 1. The fourth-order valence-corrected chi connectivity index (χ4v) is 3.84. The summed E-state index contributed by atoms with van der Waals surface area (Å²) in [4.78, 5) is 7.25. The van der Waals surface area contributed by atoms with Crippen molar-refractivity contribution in [3.05, 3.63) is 48.3 Å². The number of nitrogens with one attached hydrogen (secondary N) is 1. The number of nitrogens with zero attached hydrogens (tertiary/aromatic N) is 4. The largest absolute Gasteiger partial charge is 0.381 e. The molecule has 2 saturated heterocycles. The summed E-state index contributed by atoms with van der Waals surface area (Å²) in [5, 5.41) is 7.91. The Balaban J connectivity index is 0.00000210. The van der Waals surface area contributed by atoms with Crippen molar-refractivity contribution in [2.24, 2.45) is 10.4 Å². The van der Waals surface area contributed by atoms with Gasteiger partial charge in [0.25, 0.3) is 0 Å². The van der Waals surface area contributed by atoms with Crippen LogP contribution in [0.3, 0.4) is 0 Å². The van der Waals surface area contributed by atoms with Gasteiger partial charge in [-0.3, -0.25) is 0 Å². The standard InChI is InChI=1S/C20H27N5O.HI/c1-2-21-19(24-10-8-20(15-24)9-11-26-16-20)22-12-17-13-23-25(14-17)18-6-4-3-5-7-18;/h3-7,13-14H,2,8-12,15-16H2,1H3,(H,21,22);1H. The van der Waals surface area contributed by atoms with Crippen molar-refractivity contribution in [1.82, 2.24) is 20.0 Å². The molecule has 2 aromatic rings. The second-order valence-electron chi connectivity index (χ2n) is 7.27. The lowest BCUT2D eigenvalue weighted by Crippen LogP contribution is -2.41. The number of guanidine groups is 1. The summed E-state index contributed by atoms with van der Waals surface area (Å²) in [5.74, 6) is 1.00. The van der Waals surface area contributed by atoms with Crippen LogP contribution in [0.25, 0.3) is 5.69 Å². The maximum absolute atomic E-state index is 5.65. The van der Waals surface area contributed by atoms with Gasteiger partial charge in [-0.1, -0.05) is 18.2 Å². The maximum Gasteiger partial charge on any atom is 0.194 e. The van der Waals surface area contributed by atoms with Crippen LogP contribution in [-0.4, -0.2) is 53.5 Å². The molecule has 3 heterocycles. The van der Waals surface area contributed by atoms with E-state index in [-0.39, 0.29) is 24.0 Å². The molecule has 7 heteroatoms. The highest BCUT2D eigenvalue weighted by atomic mass is 127. The Kier molecular flexibility index (Phi) is 6.75. The predicted molar refractivity (Wildman–Crippen MR) is 118 cm³/mol. The fraction of sp³-hybridized carbons (Fsp3) is 0.500. The first kappa shape index (κ1) is 20.1. The van der Waals surface area contributed by atoms with Crippen LogP contribution >= 0.6 is 24.0 Å². The topological polar surface area (TPSA) is 54.7 Å². The molecule has 1 spiro atoms. The van der Waals surface area contributed by atoms with E-state index in [0.717, 1.165) is 50.1 Å². The third-order valence-corrected chi connectivity index (χ3v) is 5.33. The Bertz CT molecular complexity index is 755. The average Bonchev–Trinajstić information content (AvgIpc) is 3.42. The van der Waals surface area contributed by atoms with Gasteiger partial charge in [-0.25, -0.2) is 9.67 Å². The lowest BCUT2D eigenvalue weighted by Gasteiger charge is -2.24. The van der Waals surface area contributed by atoms with Crippen molar-refractivity contribution < 1.29 is 4.74 Å². The second-order valence-corrected chi connectivity index (χ2v) is 7.27. The number of aliphatic imine (C=N–C) groups is 1. The maximum atomic E-state index is 5.65. The van der Waals surface area contributed by atoms with Crippen molar-refractivity contribution in [3.63, 3.8) is 0 Å². The smallest absolute Gasteiger partial charge is 0.194 e. The number of hydrogen-bond donors (Lipinski definition) is 1. The summed E-state index contributed by atoms with van der Waals surface area (Å²) in [5.41, 5.74) is 2.52. The Morgan fingerprint density at radius 3 is 2.89 bits per heavy atom. The van der Waals surface area contributed by atoms with Crippen LogP contribution in [0.4, 0.5) is 0 Å². The van der Waals surface area contributed by atoms with E-state index in [9.17, 15) is 0 Å². The minimum Gasteiger partial charge on any atom is -0.381 e. The zero-order valence-corrected chi connectivity index (χ0v) is 18.1. The third kappa shape index (κ3) is 4.63. The number of hydrogen-bond acceptors (Lipinski definition) is 3. The van der Waals surface area contributed by atoms with E-state index in [2.05, 4.69) is 40.6 Å². The minimum atomic E-state index is 0. The molecule has 2 fully saturated rings. The van der Waals surface area contributed by atoms with E-state index in [4.69, 9.17) is 9.73 Å². The average molecular weight is 481 g/mol. The van der Waals surface area contributed by atoms with Gasteiger partial charge in [-0.2, -0.15) is 5.10 Å². The first-order chi connectivity index (χ1) is 12.8. The molecule has 2 aliphatic heterocycles. The Morgan fingerprint density at radius 1 is 1.30 bits per heavy atom. The first-order valence-electron chi connectivity index (χ1n) is 9.48. The van der Waals surface area contributed by atoms with Gasteiger partial charge in [0.1, 0.15) is 0 Å². The van der Waals surface area contributed by atoms with Crippen molar-refractivity contribution in [2.45, 2.75) is 26.3 Å². The Hall–Kier alpha value is -1.61. The first-order valence-corrected chi connectivity index (χ1v) is 9.48. The van der Waals surface area contributed by atoms with E-state index in [1.807, 2.05) is 29.1 Å². The number of aromatic nitrogens is 2. The molecule has 0 amide bonds. The minimum absolute atomic E-state index is 0. The van der Waals surface area contributed by atoms with Gasteiger partial charge < -0.3 is 15.0 Å². The number of para-hydroxylation sites is 1. The number of likely N-dealkylation sites (tertiary alicyclic amines) is 1. The quantitative estimate of drug-likeness (QED) is 0.415. The third-order valence-electron chi connectivity index (χ3n) is 5.33. The molecule has 27 heavy (non-hydrogen) atoms. The highest BCUT2D eigenvalue weighted by Gasteiger charge is 2.42. The zero-order chi connectivity index (χ0) is 17.8. The molecule has 6 nitrogen and oxygen atoms in total. The molecule has 0 radical (unpaired) electrons. The SMILES string of the molecule is CCNC(=NCc1cnn(-c2ccccc2)c1)N1CCC2(CCOC2)C1.I. The highest BCUT2D eigenvalue weighted by molar-refractivity contribution is 14.0. The lowest BCUT2D eigenvalue weighted by atomic mass is 9.87. The van der Waals surface area contributed by atoms with E-state index >= 15 is 0 Å². The van der Waals surface area contributed by atoms with Crippen LogP contribution in [0.1, 0.15) is 25.3 Å². The van der Waals surface area contributed by atoms with Crippen molar-refractivity contribution in [2.75, 3.05) is 32.8 Å². The van der Waals surface area contributed by atoms with Gasteiger partial charge >= 0.3 is 0 Å². The van der Waals surface area contributed by atoms with Crippen LogP contribution < -0.4 is 5.32 Å². The second kappa shape index (κ2) is 9.05. The van der Waals surface area contributed by atoms with Crippen molar-refractivity contribution in [1.29, 1.82) is 0 Å². The zero-order valence-electron chi connectivity index (χ0n) is 15.8. The molecule has 0 saturated carbocycles. The molecule has 4 rings (SSSR count). The summed E-state index contributed by atoms with van der Waals surface area (Å²) < 4.78 is 7.55. The molecule has 1 N–H and O–H groups in total. The molecular formula is C20H28IN5O. The lowest BCUT2D eigenvalue weighted by molar-refractivity contribution is 0.156. The van der Waals surface area contributed by atoms with Gasteiger partial charge in [0.05, 0.1) is 25.0 Å². The number of rotatable bonds is 4. The van der Waals surface area contributed by atoms with Gasteiger partial charge in [0, 0.05) is 43.4 Å². The van der Waals surface area contributed by atoms with Crippen LogP contribution in [0.5, 0.6) is 0 Å². The van der Waals surface area contributed by atoms with Crippen molar-refractivity contribution in [3.8, 4) is 5.69 Å². The number of halogens is 1. The molecule has 146 valence electrons. The molecular weight excluding hydrogens is 453 g/mol. The number of benzene rings is 1. The van der Waals surface area contributed by atoms with Crippen LogP contribution in [0, 0.1) is 5.41 Å². The monoisotopic (exact) mass is 481 g/mol. The Morgan fingerprint density at radius 2 is 2.15 bits per heavy atom. The van der Waals surface area contributed by atoms with Gasteiger partial charge in [0.15, 0.2) is 5.96 Å². The Labute approximate surface area is 178 Å².